The Morgan fingerprint density at radius 1 is 1.32 bits per heavy atom. The standard InChI is InChI=1S/C15H21NO3/c1-18-13-9-5-8-12(10-13)16-14(15(17)19-2)11-6-3-4-7-11/h5,8-11,14,16H,3-4,6-7H2,1-2H3. The van der Waals surface area contributed by atoms with E-state index in [1.165, 1.54) is 20.0 Å². The third kappa shape index (κ3) is 3.40. The van der Waals surface area contributed by atoms with Crippen LogP contribution in [0.25, 0.3) is 0 Å². The van der Waals surface area contributed by atoms with Crippen LogP contribution in [0, 0.1) is 5.92 Å². The van der Waals surface area contributed by atoms with E-state index in [9.17, 15) is 4.79 Å². The first kappa shape index (κ1) is 13.7. The van der Waals surface area contributed by atoms with E-state index in [1.807, 2.05) is 24.3 Å². The zero-order chi connectivity index (χ0) is 13.7. The highest BCUT2D eigenvalue weighted by atomic mass is 16.5. The van der Waals surface area contributed by atoms with Gasteiger partial charge in [0.25, 0.3) is 0 Å². The molecule has 4 heteroatoms. The Kier molecular flexibility index (Phi) is 4.66. The van der Waals surface area contributed by atoms with E-state index in [1.54, 1.807) is 7.11 Å². The quantitative estimate of drug-likeness (QED) is 0.830. The van der Waals surface area contributed by atoms with Crippen LogP contribution >= 0.6 is 0 Å². The molecular weight excluding hydrogens is 242 g/mol. The van der Waals surface area contributed by atoms with E-state index in [2.05, 4.69) is 5.32 Å². The number of hydrogen-bond donors (Lipinski definition) is 1. The fourth-order valence-electron chi connectivity index (χ4n) is 2.68. The Bertz CT molecular complexity index is 427. The summed E-state index contributed by atoms with van der Waals surface area (Å²) in [4.78, 5) is 11.9. The lowest BCUT2D eigenvalue weighted by atomic mass is 9.98. The van der Waals surface area contributed by atoms with Crippen molar-refractivity contribution >= 4 is 11.7 Å². The van der Waals surface area contributed by atoms with Crippen LogP contribution in [-0.4, -0.2) is 26.2 Å². The van der Waals surface area contributed by atoms with Gasteiger partial charge in [-0.2, -0.15) is 0 Å². The molecule has 1 unspecified atom stereocenters. The van der Waals surface area contributed by atoms with Crippen LogP contribution in [-0.2, 0) is 9.53 Å². The SMILES string of the molecule is COC(=O)C(Nc1cccc(OC)c1)C1CCCC1. The molecule has 1 aromatic carbocycles. The summed E-state index contributed by atoms with van der Waals surface area (Å²) >= 11 is 0. The summed E-state index contributed by atoms with van der Waals surface area (Å²) in [5.41, 5.74) is 0.890. The second-order valence-electron chi connectivity index (χ2n) is 4.92. The first-order valence-corrected chi connectivity index (χ1v) is 6.73. The molecule has 0 radical (unpaired) electrons. The molecule has 0 amide bonds. The number of nitrogens with one attached hydrogen (secondary N) is 1. The zero-order valence-corrected chi connectivity index (χ0v) is 11.5. The molecule has 1 aliphatic carbocycles. The molecular formula is C15H21NO3. The number of carbonyl (C=O) groups is 1. The smallest absolute Gasteiger partial charge is 0.328 e. The maximum Gasteiger partial charge on any atom is 0.328 e. The average molecular weight is 263 g/mol. The molecule has 0 aliphatic heterocycles. The molecule has 19 heavy (non-hydrogen) atoms. The lowest BCUT2D eigenvalue weighted by Gasteiger charge is -2.23. The number of rotatable bonds is 5. The Morgan fingerprint density at radius 3 is 2.68 bits per heavy atom. The highest BCUT2D eigenvalue weighted by Crippen LogP contribution is 2.30. The Morgan fingerprint density at radius 2 is 2.05 bits per heavy atom. The molecule has 1 aliphatic rings. The van der Waals surface area contributed by atoms with Crippen molar-refractivity contribution in [2.24, 2.45) is 5.92 Å². The van der Waals surface area contributed by atoms with Crippen molar-refractivity contribution in [1.29, 1.82) is 0 Å². The minimum Gasteiger partial charge on any atom is -0.497 e. The van der Waals surface area contributed by atoms with E-state index in [0.29, 0.717) is 5.92 Å². The highest BCUT2D eigenvalue weighted by Gasteiger charge is 2.31. The molecule has 1 aromatic rings. The first-order chi connectivity index (χ1) is 9.24. The van der Waals surface area contributed by atoms with Crippen molar-refractivity contribution in [3.8, 4) is 5.75 Å². The van der Waals surface area contributed by atoms with E-state index < -0.39 is 0 Å². The largest absolute Gasteiger partial charge is 0.497 e. The molecule has 0 aromatic heterocycles. The van der Waals surface area contributed by atoms with Crippen molar-refractivity contribution in [3.63, 3.8) is 0 Å². The zero-order valence-electron chi connectivity index (χ0n) is 11.5. The molecule has 0 saturated heterocycles. The maximum absolute atomic E-state index is 11.9. The predicted molar refractivity (Wildman–Crippen MR) is 74.4 cm³/mol. The summed E-state index contributed by atoms with van der Waals surface area (Å²) in [7, 11) is 3.07. The van der Waals surface area contributed by atoms with Crippen LogP contribution in [0.3, 0.4) is 0 Å². The van der Waals surface area contributed by atoms with Gasteiger partial charge in [0.2, 0.25) is 0 Å². The normalized spacial score (nSPS) is 16.9. The van der Waals surface area contributed by atoms with Gasteiger partial charge in [-0.3, -0.25) is 0 Å². The summed E-state index contributed by atoms with van der Waals surface area (Å²) in [5, 5.41) is 3.29. The topological polar surface area (TPSA) is 47.6 Å². The lowest BCUT2D eigenvalue weighted by molar-refractivity contribution is -0.142. The molecule has 1 atom stereocenters. The number of benzene rings is 1. The van der Waals surface area contributed by atoms with Crippen LogP contribution in [0.15, 0.2) is 24.3 Å². The Balaban J connectivity index is 2.12. The minimum atomic E-state index is -0.264. The molecule has 1 N–H and O–H groups in total. The third-order valence-electron chi connectivity index (χ3n) is 3.72. The van der Waals surface area contributed by atoms with Crippen molar-refractivity contribution in [2.75, 3.05) is 19.5 Å². The first-order valence-electron chi connectivity index (χ1n) is 6.73. The molecule has 0 bridgehead atoms. The van der Waals surface area contributed by atoms with Gasteiger partial charge in [-0.05, 0) is 30.9 Å². The maximum atomic E-state index is 11.9. The van der Waals surface area contributed by atoms with Gasteiger partial charge in [-0.25, -0.2) is 4.79 Å². The number of hydrogen-bond acceptors (Lipinski definition) is 4. The summed E-state index contributed by atoms with van der Waals surface area (Å²) in [6.45, 7) is 0. The molecule has 1 fully saturated rings. The number of methoxy groups -OCH3 is 2. The molecule has 0 spiro atoms. The molecule has 104 valence electrons. The second-order valence-corrected chi connectivity index (χ2v) is 4.92. The molecule has 1 saturated carbocycles. The minimum absolute atomic E-state index is 0.185. The monoisotopic (exact) mass is 263 g/mol. The van der Waals surface area contributed by atoms with Gasteiger partial charge < -0.3 is 14.8 Å². The molecule has 2 rings (SSSR count). The van der Waals surface area contributed by atoms with Crippen LogP contribution in [0.5, 0.6) is 5.75 Å². The number of ether oxygens (including phenoxy) is 2. The Labute approximate surface area is 114 Å². The fraction of sp³-hybridized carbons (Fsp3) is 0.533. The lowest BCUT2D eigenvalue weighted by Crippen LogP contribution is -2.36. The molecule has 4 nitrogen and oxygen atoms in total. The summed E-state index contributed by atoms with van der Waals surface area (Å²) < 4.78 is 10.1. The van der Waals surface area contributed by atoms with Crippen LogP contribution in [0.4, 0.5) is 5.69 Å². The van der Waals surface area contributed by atoms with Crippen molar-refractivity contribution in [3.05, 3.63) is 24.3 Å². The van der Waals surface area contributed by atoms with Crippen molar-refractivity contribution in [1.82, 2.24) is 0 Å². The van der Waals surface area contributed by atoms with Gasteiger partial charge in [0, 0.05) is 11.8 Å². The van der Waals surface area contributed by atoms with Gasteiger partial charge in [-0.15, -0.1) is 0 Å². The second kappa shape index (κ2) is 6.45. The Hall–Kier alpha value is -1.71. The van der Waals surface area contributed by atoms with E-state index >= 15 is 0 Å². The van der Waals surface area contributed by atoms with Crippen molar-refractivity contribution in [2.45, 2.75) is 31.7 Å². The van der Waals surface area contributed by atoms with Crippen molar-refractivity contribution < 1.29 is 14.3 Å². The number of anilines is 1. The third-order valence-corrected chi connectivity index (χ3v) is 3.72. The fourth-order valence-corrected chi connectivity index (χ4v) is 2.68. The van der Waals surface area contributed by atoms with Gasteiger partial charge in [0.05, 0.1) is 14.2 Å². The van der Waals surface area contributed by atoms with Gasteiger partial charge in [0.1, 0.15) is 11.8 Å². The van der Waals surface area contributed by atoms with Crippen LogP contribution in [0.1, 0.15) is 25.7 Å². The molecule has 0 heterocycles. The van der Waals surface area contributed by atoms with Gasteiger partial charge in [0.15, 0.2) is 0 Å². The van der Waals surface area contributed by atoms with Gasteiger partial charge in [-0.1, -0.05) is 18.9 Å². The van der Waals surface area contributed by atoms with E-state index in [4.69, 9.17) is 9.47 Å². The summed E-state index contributed by atoms with van der Waals surface area (Å²) in [5.74, 6) is 0.952. The van der Waals surface area contributed by atoms with Crippen LogP contribution < -0.4 is 10.1 Å². The van der Waals surface area contributed by atoms with E-state index in [0.717, 1.165) is 24.3 Å². The summed E-state index contributed by atoms with van der Waals surface area (Å²) in [6.07, 6.45) is 4.55. The number of esters is 1. The summed E-state index contributed by atoms with van der Waals surface area (Å²) in [6, 6.07) is 7.36. The van der Waals surface area contributed by atoms with E-state index in [-0.39, 0.29) is 12.0 Å². The van der Waals surface area contributed by atoms with Crippen LogP contribution in [0.2, 0.25) is 0 Å². The van der Waals surface area contributed by atoms with Gasteiger partial charge >= 0.3 is 5.97 Å². The highest BCUT2D eigenvalue weighted by molar-refractivity contribution is 5.79. The average Bonchev–Trinajstić information content (AvgIpc) is 2.98. The predicted octanol–water partition coefficient (Wildman–Crippen LogP) is 2.84. The number of carbonyl (C=O) groups excluding carboxylic acids is 1.